The van der Waals surface area contributed by atoms with Crippen LogP contribution in [0.15, 0.2) is 78.9 Å². The molecule has 1 aromatic heterocycles. The van der Waals surface area contributed by atoms with Gasteiger partial charge in [-0.2, -0.15) is 0 Å². The number of rotatable bonds is 4. The van der Waals surface area contributed by atoms with Gasteiger partial charge in [0.2, 0.25) is 0 Å². The van der Waals surface area contributed by atoms with Crippen LogP contribution in [-0.4, -0.2) is 23.0 Å². The van der Waals surface area contributed by atoms with Crippen LogP contribution in [0.2, 0.25) is 19.6 Å². The second-order valence-electron chi connectivity index (χ2n) is 8.30. The van der Waals surface area contributed by atoms with E-state index in [2.05, 4.69) is 102 Å². The highest BCUT2D eigenvalue weighted by Crippen LogP contribution is 2.25. The summed E-state index contributed by atoms with van der Waals surface area (Å²) in [5, 5.41) is 1.43. The van der Waals surface area contributed by atoms with Gasteiger partial charge in [0.05, 0.1) is 8.07 Å². The monoisotopic (exact) mass is 395 g/mol. The Morgan fingerprint density at radius 2 is 1.14 bits per heavy atom. The molecule has 0 spiro atoms. The topological polar surface area (TPSA) is 38.7 Å². The lowest BCUT2D eigenvalue weighted by Gasteiger charge is -2.16. The molecule has 4 rings (SSSR count). The minimum Gasteiger partial charge on any atom is -0.213 e. The second kappa shape index (κ2) is 7.72. The Morgan fingerprint density at radius 1 is 0.552 bits per heavy atom. The van der Waals surface area contributed by atoms with Crippen LogP contribution in [0, 0.1) is 6.92 Å². The molecule has 0 N–H and O–H groups in total. The number of benzene rings is 3. The zero-order chi connectivity index (χ0) is 20.4. The van der Waals surface area contributed by atoms with Crippen LogP contribution >= 0.6 is 0 Å². The molecular formula is C25H25N3Si. The molecule has 0 bridgehead atoms. The van der Waals surface area contributed by atoms with Gasteiger partial charge in [0, 0.05) is 11.1 Å². The van der Waals surface area contributed by atoms with Crippen molar-refractivity contribution in [2.24, 2.45) is 0 Å². The first-order chi connectivity index (χ1) is 13.9. The highest BCUT2D eigenvalue weighted by atomic mass is 28.3. The lowest BCUT2D eigenvalue weighted by Crippen LogP contribution is -2.37. The van der Waals surface area contributed by atoms with E-state index in [1.165, 1.54) is 10.8 Å². The first-order valence-corrected chi connectivity index (χ1v) is 13.4. The second-order valence-corrected chi connectivity index (χ2v) is 13.4. The van der Waals surface area contributed by atoms with Crippen LogP contribution in [0.25, 0.3) is 33.9 Å². The minimum absolute atomic E-state index is 0.708. The Bertz CT molecular complexity index is 1130. The van der Waals surface area contributed by atoms with Crippen molar-refractivity contribution in [3.05, 3.63) is 84.7 Å². The van der Waals surface area contributed by atoms with E-state index in [4.69, 9.17) is 4.98 Å². The van der Waals surface area contributed by atoms with E-state index >= 15 is 0 Å². The maximum atomic E-state index is 4.79. The standard InChI is InChI=1S/C25H25N3Si/c1-18-26-24(20-13-15-23(16-14-20)29(2,3)4)28-25(27-18)22-12-8-11-21(17-22)19-9-6-5-7-10-19/h5-17H,1-4H3. The number of aromatic nitrogens is 3. The lowest BCUT2D eigenvalue weighted by atomic mass is 10.0. The van der Waals surface area contributed by atoms with Crippen molar-refractivity contribution < 1.29 is 0 Å². The van der Waals surface area contributed by atoms with Gasteiger partial charge in [0.15, 0.2) is 11.6 Å². The number of hydrogen-bond acceptors (Lipinski definition) is 3. The SMILES string of the molecule is Cc1nc(-c2ccc([Si](C)(C)C)cc2)nc(-c2cccc(-c3ccccc3)c2)n1. The molecule has 29 heavy (non-hydrogen) atoms. The van der Waals surface area contributed by atoms with Crippen LogP contribution in [0.1, 0.15) is 5.82 Å². The van der Waals surface area contributed by atoms with Crippen LogP contribution in [-0.2, 0) is 0 Å². The smallest absolute Gasteiger partial charge is 0.163 e. The summed E-state index contributed by atoms with van der Waals surface area (Å²) >= 11 is 0. The van der Waals surface area contributed by atoms with Gasteiger partial charge in [-0.25, -0.2) is 15.0 Å². The van der Waals surface area contributed by atoms with Gasteiger partial charge in [-0.3, -0.25) is 0 Å². The Morgan fingerprint density at radius 3 is 1.79 bits per heavy atom. The van der Waals surface area contributed by atoms with Gasteiger partial charge in [0.25, 0.3) is 0 Å². The van der Waals surface area contributed by atoms with Crippen molar-refractivity contribution in [1.29, 1.82) is 0 Å². The summed E-state index contributed by atoms with van der Waals surface area (Å²) in [5.41, 5.74) is 4.36. The normalized spacial score (nSPS) is 11.4. The highest BCUT2D eigenvalue weighted by molar-refractivity contribution is 6.88. The van der Waals surface area contributed by atoms with Gasteiger partial charge >= 0.3 is 0 Å². The maximum Gasteiger partial charge on any atom is 0.163 e. The number of nitrogens with zero attached hydrogens (tertiary/aromatic N) is 3. The molecular weight excluding hydrogens is 370 g/mol. The minimum atomic E-state index is -1.32. The van der Waals surface area contributed by atoms with E-state index in [0.717, 1.165) is 28.3 Å². The van der Waals surface area contributed by atoms with E-state index in [1.807, 2.05) is 13.0 Å². The molecule has 0 aliphatic rings. The molecule has 0 saturated carbocycles. The quantitative estimate of drug-likeness (QED) is 0.414. The summed E-state index contributed by atoms with van der Waals surface area (Å²) in [6.07, 6.45) is 0. The Kier molecular flexibility index (Phi) is 5.12. The molecule has 0 unspecified atom stereocenters. The molecule has 1 heterocycles. The fourth-order valence-corrected chi connectivity index (χ4v) is 4.49. The highest BCUT2D eigenvalue weighted by Gasteiger charge is 2.16. The molecule has 3 aromatic carbocycles. The molecule has 0 amide bonds. The Labute approximate surface area is 173 Å². The molecule has 0 aliphatic carbocycles. The van der Waals surface area contributed by atoms with Crippen molar-refractivity contribution in [3.63, 3.8) is 0 Å². The third-order valence-corrected chi connectivity index (χ3v) is 7.05. The number of aryl methyl sites for hydroxylation is 1. The molecule has 0 aliphatic heterocycles. The molecule has 3 nitrogen and oxygen atoms in total. The summed E-state index contributed by atoms with van der Waals surface area (Å²) in [6, 6.07) is 27.4. The predicted molar refractivity (Wildman–Crippen MR) is 124 cm³/mol. The van der Waals surface area contributed by atoms with Crippen LogP contribution in [0.4, 0.5) is 0 Å². The molecule has 0 atom stereocenters. The summed E-state index contributed by atoms with van der Waals surface area (Å²) in [4.78, 5) is 14.0. The number of hydrogen-bond donors (Lipinski definition) is 0. The summed E-state index contributed by atoms with van der Waals surface area (Å²) in [6.45, 7) is 8.99. The van der Waals surface area contributed by atoms with Crippen LogP contribution < -0.4 is 5.19 Å². The van der Waals surface area contributed by atoms with Crippen molar-refractivity contribution >= 4 is 13.3 Å². The molecule has 0 saturated heterocycles. The first kappa shape index (κ1) is 19.2. The van der Waals surface area contributed by atoms with E-state index in [9.17, 15) is 0 Å². The van der Waals surface area contributed by atoms with Gasteiger partial charge in [-0.15, -0.1) is 0 Å². The molecule has 4 aromatic rings. The van der Waals surface area contributed by atoms with Crippen LogP contribution in [0.3, 0.4) is 0 Å². The van der Waals surface area contributed by atoms with Gasteiger partial charge < -0.3 is 0 Å². The van der Waals surface area contributed by atoms with Crippen molar-refractivity contribution in [2.45, 2.75) is 26.6 Å². The maximum absolute atomic E-state index is 4.79. The van der Waals surface area contributed by atoms with Crippen molar-refractivity contribution in [1.82, 2.24) is 15.0 Å². The lowest BCUT2D eigenvalue weighted by molar-refractivity contribution is 0.992. The average Bonchev–Trinajstić information content (AvgIpc) is 2.73. The summed E-state index contributed by atoms with van der Waals surface area (Å²) in [5.74, 6) is 2.16. The first-order valence-electron chi connectivity index (χ1n) is 9.90. The molecule has 4 heteroatoms. The van der Waals surface area contributed by atoms with Crippen molar-refractivity contribution in [2.75, 3.05) is 0 Å². The van der Waals surface area contributed by atoms with E-state index in [1.54, 1.807) is 0 Å². The Hall–Kier alpha value is -3.11. The summed E-state index contributed by atoms with van der Waals surface area (Å²) in [7, 11) is -1.32. The van der Waals surface area contributed by atoms with Gasteiger partial charge in [0.1, 0.15) is 5.82 Å². The average molecular weight is 396 g/mol. The third-order valence-electron chi connectivity index (χ3n) is 4.98. The zero-order valence-electron chi connectivity index (χ0n) is 17.3. The molecule has 144 valence electrons. The third kappa shape index (κ3) is 4.33. The predicted octanol–water partition coefficient (Wildman–Crippen LogP) is 5.73. The largest absolute Gasteiger partial charge is 0.213 e. The fraction of sp³-hybridized carbons (Fsp3) is 0.160. The molecule has 0 radical (unpaired) electrons. The Balaban J connectivity index is 1.73. The van der Waals surface area contributed by atoms with Crippen LogP contribution in [0.5, 0.6) is 0 Å². The summed E-state index contributed by atoms with van der Waals surface area (Å²) < 4.78 is 0. The van der Waals surface area contributed by atoms with E-state index in [0.29, 0.717) is 5.82 Å². The fourth-order valence-electron chi connectivity index (χ4n) is 3.33. The van der Waals surface area contributed by atoms with E-state index in [-0.39, 0.29) is 0 Å². The van der Waals surface area contributed by atoms with Crippen molar-refractivity contribution in [3.8, 4) is 33.9 Å². The zero-order valence-corrected chi connectivity index (χ0v) is 18.3. The molecule has 0 fully saturated rings. The van der Waals surface area contributed by atoms with Gasteiger partial charge in [-0.1, -0.05) is 97.6 Å². The van der Waals surface area contributed by atoms with E-state index < -0.39 is 8.07 Å². The van der Waals surface area contributed by atoms with Gasteiger partial charge in [-0.05, 0) is 24.1 Å².